The van der Waals surface area contributed by atoms with E-state index >= 15 is 0 Å². The first-order valence-electron chi connectivity index (χ1n) is 8.99. The Labute approximate surface area is 160 Å². The molecular formula is C18H27ClN4O3. The molecular weight excluding hydrogens is 356 g/mol. The summed E-state index contributed by atoms with van der Waals surface area (Å²) in [6.45, 7) is 3.08. The maximum absolute atomic E-state index is 12.2. The molecule has 4 N–H and O–H groups in total. The Morgan fingerprint density at radius 1 is 1.04 bits per heavy atom. The number of amides is 3. The Kier molecular flexibility index (Phi) is 8.15. The first-order chi connectivity index (χ1) is 12.2. The van der Waals surface area contributed by atoms with Crippen molar-refractivity contribution in [2.45, 2.75) is 31.8 Å². The molecule has 1 aromatic rings. The summed E-state index contributed by atoms with van der Waals surface area (Å²) in [5.41, 5.74) is 1.43. The van der Waals surface area contributed by atoms with Gasteiger partial charge in [-0.2, -0.15) is 0 Å². The normalized spacial score (nSPS) is 20.1. The number of nitrogens with one attached hydrogen (secondary N) is 4. The molecule has 2 aliphatic rings. The number of piperidine rings is 1. The van der Waals surface area contributed by atoms with Crippen LogP contribution in [0, 0.1) is 5.92 Å². The molecule has 26 heavy (non-hydrogen) atoms. The molecule has 0 aliphatic carbocycles. The van der Waals surface area contributed by atoms with Crippen LogP contribution in [0.5, 0.6) is 0 Å². The molecule has 0 bridgehead atoms. The number of ether oxygens (including phenoxy) is 1. The fourth-order valence-electron chi connectivity index (χ4n) is 3.15. The number of anilines is 2. The van der Waals surface area contributed by atoms with Crippen molar-refractivity contribution in [2.75, 3.05) is 36.9 Å². The van der Waals surface area contributed by atoms with Crippen LogP contribution in [-0.2, 0) is 9.53 Å². The SMILES string of the molecule is Cl.O=C(NCC1CCCO1)Nc1ccc(NC(=O)C2CCNCC2)cc1. The summed E-state index contributed by atoms with van der Waals surface area (Å²) in [5, 5.41) is 11.8. The van der Waals surface area contributed by atoms with Gasteiger partial charge in [0.2, 0.25) is 5.91 Å². The molecule has 7 nitrogen and oxygen atoms in total. The Hall–Kier alpha value is -1.83. The highest BCUT2D eigenvalue weighted by atomic mass is 35.5. The molecule has 0 aromatic heterocycles. The summed E-state index contributed by atoms with van der Waals surface area (Å²) in [6, 6.07) is 6.92. The summed E-state index contributed by atoms with van der Waals surface area (Å²) in [4.78, 5) is 24.1. The minimum Gasteiger partial charge on any atom is -0.376 e. The molecule has 1 unspecified atom stereocenters. The van der Waals surface area contributed by atoms with Crippen LogP contribution >= 0.6 is 12.4 Å². The number of carbonyl (C=O) groups excluding carboxylic acids is 2. The third-order valence-electron chi connectivity index (χ3n) is 4.63. The van der Waals surface area contributed by atoms with Gasteiger partial charge in [0.05, 0.1) is 6.10 Å². The van der Waals surface area contributed by atoms with Crippen LogP contribution in [0.2, 0.25) is 0 Å². The molecule has 2 fully saturated rings. The van der Waals surface area contributed by atoms with Gasteiger partial charge in [0.1, 0.15) is 0 Å². The van der Waals surface area contributed by atoms with Gasteiger partial charge in [-0.3, -0.25) is 4.79 Å². The van der Waals surface area contributed by atoms with E-state index in [9.17, 15) is 9.59 Å². The number of hydrogen-bond acceptors (Lipinski definition) is 4. The highest BCUT2D eigenvalue weighted by Crippen LogP contribution is 2.18. The molecule has 3 amide bonds. The van der Waals surface area contributed by atoms with Gasteiger partial charge in [0, 0.05) is 30.4 Å². The van der Waals surface area contributed by atoms with Gasteiger partial charge >= 0.3 is 6.03 Å². The average molecular weight is 383 g/mol. The maximum atomic E-state index is 12.2. The Bertz CT molecular complexity index is 585. The zero-order valence-corrected chi connectivity index (χ0v) is 15.6. The molecule has 8 heteroatoms. The van der Waals surface area contributed by atoms with Gasteiger partial charge in [-0.15, -0.1) is 12.4 Å². The van der Waals surface area contributed by atoms with E-state index in [1.54, 1.807) is 24.3 Å². The zero-order chi connectivity index (χ0) is 17.5. The number of urea groups is 1. The van der Waals surface area contributed by atoms with Crippen LogP contribution in [0.1, 0.15) is 25.7 Å². The molecule has 0 spiro atoms. The van der Waals surface area contributed by atoms with E-state index in [1.165, 1.54) is 0 Å². The van der Waals surface area contributed by atoms with Gasteiger partial charge < -0.3 is 26.0 Å². The number of rotatable bonds is 5. The summed E-state index contributed by atoms with van der Waals surface area (Å²) in [6.07, 6.45) is 3.91. The second-order valence-electron chi connectivity index (χ2n) is 6.56. The fourth-order valence-corrected chi connectivity index (χ4v) is 3.15. The molecule has 3 rings (SSSR count). The van der Waals surface area contributed by atoms with E-state index in [1.807, 2.05) is 0 Å². The third kappa shape index (κ3) is 6.16. The summed E-state index contributed by atoms with van der Waals surface area (Å²) in [7, 11) is 0. The first-order valence-corrected chi connectivity index (χ1v) is 8.99. The van der Waals surface area contributed by atoms with Crippen molar-refractivity contribution in [1.82, 2.24) is 10.6 Å². The van der Waals surface area contributed by atoms with Crippen molar-refractivity contribution < 1.29 is 14.3 Å². The largest absolute Gasteiger partial charge is 0.376 e. The predicted octanol–water partition coefficient (Wildman–Crippen LogP) is 2.35. The van der Waals surface area contributed by atoms with E-state index in [-0.39, 0.29) is 36.4 Å². The second kappa shape index (κ2) is 10.4. The number of hydrogen-bond donors (Lipinski definition) is 4. The van der Waals surface area contributed by atoms with Crippen LogP contribution in [0.4, 0.5) is 16.2 Å². The van der Waals surface area contributed by atoms with Gasteiger partial charge in [0.15, 0.2) is 0 Å². The summed E-state index contributed by atoms with van der Waals surface area (Å²) >= 11 is 0. The van der Waals surface area contributed by atoms with Crippen LogP contribution in [0.15, 0.2) is 24.3 Å². The monoisotopic (exact) mass is 382 g/mol. The third-order valence-corrected chi connectivity index (χ3v) is 4.63. The Balaban J connectivity index is 0.00000243. The van der Waals surface area contributed by atoms with Gasteiger partial charge in [-0.05, 0) is 63.0 Å². The predicted molar refractivity (Wildman–Crippen MR) is 104 cm³/mol. The van der Waals surface area contributed by atoms with Crippen LogP contribution < -0.4 is 21.3 Å². The van der Waals surface area contributed by atoms with Crippen molar-refractivity contribution in [3.8, 4) is 0 Å². The van der Waals surface area contributed by atoms with Crippen molar-refractivity contribution in [2.24, 2.45) is 5.92 Å². The lowest BCUT2D eigenvalue weighted by molar-refractivity contribution is -0.120. The highest BCUT2D eigenvalue weighted by molar-refractivity contribution is 5.93. The molecule has 0 radical (unpaired) electrons. The zero-order valence-electron chi connectivity index (χ0n) is 14.8. The standard InChI is InChI=1S/C18H26N4O3.ClH/c23-17(13-7-9-19-10-8-13)21-14-3-5-15(6-4-14)22-18(24)20-12-16-2-1-11-25-16;/h3-6,13,16,19H,1-2,7-12H2,(H,21,23)(H2,20,22,24);1H. The maximum Gasteiger partial charge on any atom is 0.319 e. The lowest BCUT2D eigenvalue weighted by atomic mass is 9.97. The van der Waals surface area contributed by atoms with Gasteiger partial charge in [0.25, 0.3) is 0 Å². The molecule has 2 saturated heterocycles. The van der Waals surface area contributed by atoms with Crippen molar-refractivity contribution in [3.05, 3.63) is 24.3 Å². The highest BCUT2D eigenvalue weighted by Gasteiger charge is 2.20. The Morgan fingerprint density at radius 2 is 1.69 bits per heavy atom. The summed E-state index contributed by atoms with van der Waals surface area (Å²) in [5.74, 6) is 0.138. The molecule has 2 aliphatic heterocycles. The average Bonchev–Trinajstić information content (AvgIpc) is 3.16. The van der Waals surface area contributed by atoms with Crippen LogP contribution in [0.3, 0.4) is 0 Å². The smallest absolute Gasteiger partial charge is 0.319 e. The molecule has 0 saturated carbocycles. The minimum absolute atomic E-state index is 0. The second-order valence-corrected chi connectivity index (χ2v) is 6.56. The summed E-state index contributed by atoms with van der Waals surface area (Å²) < 4.78 is 5.47. The van der Waals surface area contributed by atoms with Gasteiger partial charge in [-0.1, -0.05) is 0 Å². The molecule has 1 aromatic carbocycles. The van der Waals surface area contributed by atoms with E-state index in [0.29, 0.717) is 12.2 Å². The lowest BCUT2D eigenvalue weighted by Gasteiger charge is -2.21. The molecule has 144 valence electrons. The quantitative estimate of drug-likeness (QED) is 0.629. The molecule has 2 heterocycles. The van der Waals surface area contributed by atoms with Crippen molar-refractivity contribution in [3.63, 3.8) is 0 Å². The van der Waals surface area contributed by atoms with E-state index in [4.69, 9.17) is 4.74 Å². The van der Waals surface area contributed by atoms with E-state index < -0.39 is 0 Å². The number of carbonyl (C=O) groups is 2. The van der Waals surface area contributed by atoms with E-state index in [0.717, 1.165) is 51.1 Å². The first kappa shape index (κ1) is 20.5. The van der Waals surface area contributed by atoms with E-state index in [2.05, 4.69) is 21.3 Å². The minimum atomic E-state index is -0.248. The van der Waals surface area contributed by atoms with Crippen molar-refractivity contribution >= 4 is 35.7 Å². The topological polar surface area (TPSA) is 91.5 Å². The lowest BCUT2D eigenvalue weighted by Crippen LogP contribution is -2.35. The molecule has 1 atom stereocenters. The fraction of sp³-hybridized carbons (Fsp3) is 0.556. The van der Waals surface area contributed by atoms with Crippen molar-refractivity contribution in [1.29, 1.82) is 0 Å². The Morgan fingerprint density at radius 3 is 2.31 bits per heavy atom. The number of halogens is 1. The van der Waals surface area contributed by atoms with Gasteiger partial charge in [-0.25, -0.2) is 4.79 Å². The number of benzene rings is 1. The van der Waals surface area contributed by atoms with Crippen LogP contribution in [0.25, 0.3) is 0 Å². The van der Waals surface area contributed by atoms with Crippen LogP contribution in [-0.4, -0.2) is 44.3 Å².